The van der Waals surface area contributed by atoms with Gasteiger partial charge in [0.25, 0.3) is 0 Å². The first-order valence-corrected chi connectivity index (χ1v) is 10.1. The minimum absolute atomic E-state index is 0.00640. The molecule has 8 heteroatoms. The van der Waals surface area contributed by atoms with Crippen LogP contribution >= 0.6 is 0 Å². The van der Waals surface area contributed by atoms with Crippen molar-refractivity contribution in [3.8, 4) is 5.75 Å². The Kier molecular flexibility index (Phi) is 7.71. The topological polar surface area (TPSA) is 75.7 Å². The average Bonchev–Trinajstić information content (AvgIpc) is 2.67. The number of rotatable bonds is 9. The molecule has 0 aliphatic rings. The van der Waals surface area contributed by atoms with Crippen LogP contribution in [0.4, 0.5) is 4.39 Å². The molecular formula is C20H23FN2O4S. The van der Waals surface area contributed by atoms with Gasteiger partial charge in [-0.3, -0.25) is 4.79 Å². The molecule has 0 spiro atoms. The summed E-state index contributed by atoms with van der Waals surface area (Å²) in [4.78, 5) is 13.6. The molecular weight excluding hydrogens is 383 g/mol. The van der Waals surface area contributed by atoms with Crippen molar-refractivity contribution in [2.45, 2.75) is 13.0 Å². The second-order valence-corrected chi connectivity index (χ2v) is 7.77. The lowest BCUT2D eigenvalue weighted by Crippen LogP contribution is -2.31. The van der Waals surface area contributed by atoms with E-state index in [0.717, 1.165) is 11.0 Å². The molecule has 0 heterocycles. The molecule has 0 aromatic heterocycles. The van der Waals surface area contributed by atoms with Gasteiger partial charge in [0, 0.05) is 32.0 Å². The third-order valence-corrected chi connectivity index (χ3v) is 5.04. The largest absolute Gasteiger partial charge is 0.494 e. The minimum atomic E-state index is -3.64. The summed E-state index contributed by atoms with van der Waals surface area (Å²) < 4.78 is 44.9. The monoisotopic (exact) mass is 406 g/mol. The van der Waals surface area contributed by atoms with E-state index >= 15 is 0 Å². The molecule has 0 bridgehead atoms. The van der Waals surface area contributed by atoms with Crippen molar-refractivity contribution in [3.05, 3.63) is 70.9 Å². The van der Waals surface area contributed by atoms with Crippen molar-refractivity contribution in [1.82, 2.24) is 9.62 Å². The molecule has 0 saturated carbocycles. The van der Waals surface area contributed by atoms with E-state index in [2.05, 4.69) is 4.72 Å². The van der Waals surface area contributed by atoms with E-state index in [4.69, 9.17) is 4.74 Å². The lowest BCUT2D eigenvalue weighted by molar-refractivity contribution is -0.130. The Labute approximate surface area is 164 Å². The number of nitrogens with zero attached hydrogens (tertiary/aromatic N) is 1. The molecule has 0 aliphatic heterocycles. The van der Waals surface area contributed by atoms with E-state index < -0.39 is 15.8 Å². The quantitative estimate of drug-likeness (QED) is 0.695. The first-order valence-electron chi connectivity index (χ1n) is 8.60. The van der Waals surface area contributed by atoms with E-state index in [1.54, 1.807) is 25.2 Å². The molecule has 2 aromatic rings. The molecule has 0 atom stereocenters. The number of halogens is 1. The molecule has 28 heavy (non-hydrogen) atoms. The van der Waals surface area contributed by atoms with Crippen LogP contribution in [0.15, 0.2) is 53.9 Å². The molecule has 6 nitrogen and oxygen atoms in total. The molecule has 150 valence electrons. The molecule has 0 saturated heterocycles. The van der Waals surface area contributed by atoms with Gasteiger partial charge in [0.05, 0.1) is 7.11 Å². The molecule has 1 amide bonds. The van der Waals surface area contributed by atoms with Crippen LogP contribution < -0.4 is 9.46 Å². The van der Waals surface area contributed by atoms with Crippen molar-refractivity contribution < 1.29 is 22.3 Å². The van der Waals surface area contributed by atoms with Crippen LogP contribution in [0.1, 0.15) is 17.5 Å². The zero-order chi connectivity index (χ0) is 20.6. The predicted octanol–water partition coefficient (Wildman–Crippen LogP) is 2.77. The fourth-order valence-corrected chi connectivity index (χ4v) is 3.26. The van der Waals surface area contributed by atoms with Crippen LogP contribution in [0.25, 0.3) is 6.08 Å². The molecule has 0 radical (unpaired) electrons. The lowest BCUT2D eigenvalue weighted by atomic mass is 10.2. The molecule has 0 unspecified atom stereocenters. The van der Waals surface area contributed by atoms with Crippen LogP contribution in [0, 0.1) is 5.82 Å². The second-order valence-electron chi connectivity index (χ2n) is 6.12. The third kappa shape index (κ3) is 6.79. The van der Waals surface area contributed by atoms with Gasteiger partial charge < -0.3 is 9.64 Å². The Morgan fingerprint density at radius 3 is 2.57 bits per heavy atom. The number of methoxy groups -OCH3 is 1. The molecule has 0 aliphatic carbocycles. The number of nitrogens with one attached hydrogen (secondary N) is 1. The number of ether oxygens (including phenoxy) is 1. The molecule has 2 rings (SSSR count). The summed E-state index contributed by atoms with van der Waals surface area (Å²) in [5, 5.41) is 1.07. The van der Waals surface area contributed by atoms with Crippen LogP contribution in [0.5, 0.6) is 5.75 Å². The van der Waals surface area contributed by atoms with Crippen LogP contribution in [-0.4, -0.2) is 39.9 Å². The van der Waals surface area contributed by atoms with E-state index in [0.29, 0.717) is 5.56 Å². The number of carbonyl (C=O) groups is 1. The third-order valence-electron chi connectivity index (χ3n) is 3.94. The van der Waals surface area contributed by atoms with Crippen LogP contribution in [0.3, 0.4) is 0 Å². The van der Waals surface area contributed by atoms with E-state index in [1.165, 1.54) is 30.2 Å². The number of sulfonamides is 1. The molecule has 2 aromatic carbocycles. The van der Waals surface area contributed by atoms with Gasteiger partial charge in [-0.25, -0.2) is 17.5 Å². The summed E-state index contributed by atoms with van der Waals surface area (Å²) in [6.45, 7) is 0.183. The number of hydrogen-bond donors (Lipinski definition) is 1. The normalized spacial score (nSPS) is 11.5. The SMILES string of the molecule is COc1ccc(CN(C)C(=O)CCNS(=O)(=O)/C=C/c2ccccc2)cc1F. The zero-order valence-corrected chi connectivity index (χ0v) is 16.6. The van der Waals surface area contributed by atoms with Gasteiger partial charge in [0.2, 0.25) is 15.9 Å². The average molecular weight is 406 g/mol. The Morgan fingerprint density at radius 2 is 1.93 bits per heavy atom. The standard InChI is InChI=1S/C20H23FN2O4S/c1-23(15-17-8-9-19(27-2)18(21)14-17)20(24)10-12-22-28(25,26)13-11-16-6-4-3-5-7-16/h3-9,11,13-14,22H,10,12,15H2,1-2H3/b13-11+. The number of carbonyl (C=O) groups excluding carboxylic acids is 1. The fraction of sp³-hybridized carbons (Fsp3) is 0.250. The lowest BCUT2D eigenvalue weighted by Gasteiger charge is -2.17. The first-order chi connectivity index (χ1) is 13.3. The summed E-state index contributed by atoms with van der Waals surface area (Å²) in [6.07, 6.45) is 1.47. The first kappa shape index (κ1) is 21.6. The van der Waals surface area contributed by atoms with Gasteiger partial charge in [-0.2, -0.15) is 0 Å². The van der Waals surface area contributed by atoms with Gasteiger partial charge in [-0.15, -0.1) is 0 Å². The van der Waals surface area contributed by atoms with Crippen LogP contribution in [-0.2, 0) is 21.4 Å². The maximum atomic E-state index is 13.7. The van der Waals surface area contributed by atoms with Crippen molar-refractivity contribution in [2.75, 3.05) is 20.7 Å². The highest BCUT2D eigenvalue weighted by atomic mass is 32.2. The Balaban J connectivity index is 1.82. The maximum absolute atomic E-state index is 13.7. The van der Waals surface area contributed by atoms with Gasteiger partial charge in [0.15, 0.2) is 11.6 Å². The maximum Gasteiger partial charge on any atom is 0.233 e. The van der Waals surface area contributed by atoms with E-state index in [-0.39, 0.29) is 31.2 Å². The Morgan fingerprint density at radius 1 is 1.21 bits per heavy atom. The second kappa shape index (κ2) is 10.0. The summed E-state index contributed by atoms with van der Waals surface area (Å²) in [7, 11) is -0.682. The Bertz CT molecular complexity index is 930. The van der Waals surface area contributed by atoms with Crippen molar-refractivity contribution in [3.63, 3.8) is 0 Å². The number of amides is 1. The zero-order valence-electron chi connectivity index (χ0n) is 15.8. The van der Waals surface area contributed by atoms with Gasteiger partial charge in [-0.1, -0.05) is 36.4 Å². The van der Waals surface area contributed by atoms with Crippen molar-refractivity contribution >= 4 is 22.0 Å². The summed E-state index contributed by atoms with van der Waals surface area (Å²) in [5.74, 6) is -0.625. The molecule has 0 fully saturated rings. The van der Waals surface area contributed by atoms with Crippen LogP contribution in [0.2, 0.25) is 0 Å². The Hall–Kier alpha value is -2.71. The summed E-state index contributed by atoms with van der Waals surface area (Å²) in [6, 6.07) is 13.5. The summed E-state index contributed by atoms with van der Waals surface area (Å²) in [5.41, 5.74) is 1.37. The summed E-state index contributed by atoms with van der Waals surface area (Å²) >= 11 is 0. The van der Waals surface area contributed by atoms with Crippen molar-refractivity contribution in [2.24, 2.45) is 0 Å². The minimum Gasteiger partial charge on any atom is -0.494 e. The van der Waals surface area contributed by atoms with Gasteiger partial charge >= 0.3 is 0 Å². The highest BCUT2D eigenvalue weighted by Gasteiger charge is 2.12. The number of benzene rings is 2. The highest BCUT2D eigenvalue weighted by Crippen LogP contribution is 2.18. The van der Waals surface area contributed by atoms with E-state index in [1.807, 2.05) is 18.2 Å². The van der Waals surface area contributed by atoms with Crippen molar-refractivity contribution in [1.29, 1.82) is 0 Å². The fourth-order valence-electron chi connectivity index (χ4n) is 2.44. The number of hydrogen-bond acceptors (Lipinski definition) is 4. The highest BCUT2D eigenvalue weighted by molar-refractivity contribution is 7.92. The van der Waals surface area contributed by atoms with Gasteiger partial charge in [0.1, 0.15) is 0 Å². The predicted molar refractivity (Wildman–Crippen MR) is 106 cm³/mol. The van der Waals surface area contributed by atoms with E-state index in [9.17, 15) is 17.6 Å². The molecule has 1 N–H and O–H groups in total. The smallest absolute Gasteiger partial charge is 0.233 e. The van der Waals surface area contributed by atoms with Gasteiger partial charge in [-0.05, 0) is 29.3 Å².